The van der Waals surface area contributed by atoms with Gasteiger partial charge in [-0.25, -0.2) is 0 Å². The van der Waals surface area contributed by atoms with Crippen LogP contribution in [0, 0.1) is 0 Å². The SMILES string of the molecule is CCOc1cccc(-c2[nH]ncc2CNC(C)(C)C)c1. The van der Waals surface area contributed by atoms with Gasteiger partial charge in [-0.3, -0.25) is 5.10 Å². The molecule has 0 unspecified atom stereocenters. The molecule has 0 aliphatic heterocycles. The van der Waals surface area contributed by atoms with Crippen LogP contribution >= 0.6 is 0 Å². The molecule has 0 spiro atoms. The number of hydrogen-bond donors (Lipinski definition) is 2. The van der Waals surface area contributed by atoms with Crippen molar-refractivity contribution in [2.45, 2.75) is 39.8 Å². The predicted molar refractivity (Wildman–Crippen MR) is 81.8 cm³/mol. The van der Waals surface area contributed by atoms with E-state index in [1.165, 1.54) is 0 Å². The van der Waals surface area contributed by atoms with Crippen LogP contribution in [0.1, 0.15) is 33.3 Å². The van der Waals surface area contributed by atoms with Crippen LogP contribution in [0.25, 0.3) is 11.3 Å². The number of hydrogen-bond acceptors (Lipinski definition) is 3. The molecule has 0 amide bonds. The standard InChI is InChI=1S/C16H23N3O/c1-5-20-14-8-6-7-12(9-14)15-13(11-18-19-15)10-17-16(2,3)4/h6-9,11,17H,5,10H2,1-4H3,(H,18,19). The largest absolute Gasteiger partial charge is 0.494 e. The van der Waals surface area contributed by atoms with Gasteiger partial charge in [-0.15, -0.1) is 0 Å². The van der Waals surface area contributed by atoms with E-state index in [-0.39, 0.29) is 5.54 Å². The fraction of sp³-hybridized carbons (Fsp3) is 0.438. The summed E-state index contributed by atoms with van der Waals surface area (Å²) < 4.78 is 5.55. The monoisotopic (exact) mass is 273 g/mol. The molecule has 0 aliphatic carbocycles. The molecule has 2 aromatic rings. The van der Waals surface area contributed by atoms with E-state index < -0.39 is 0 Å². The van der Waals surface area contributed by atoms with Crippen molar-refractivity contribution in [3.05, 3.63) is 36.0 Å². The summed E-state index contributed by atoms with van der Waals surface area (Å²) in [5, 5.41) is 10.7. The third-order valence-electron chi connectivity index (χ3n) is 2.96. The summed E-state index contributed by atoms with van der Waals surface area (Å²) in [6.07, 6.45) is 1.88. The molecule has 108 valence electrons. The summed E-state index contributed by atoms with van der Waals surface area (Å²) in [7, 11) is 0. The summed E-state index contributed by atoms with van der Waals surface area (Å²) >= 11 is 0. The second kappa shape index (κ2) is 6.09. The van der Waals surface area contributed by atoms with Gasteiger partial charge in [0.15, 0.2) is 0 Å². The van der Waals surface area contributed by atoms with E-state index in [0.29, 0.717) is 6.61 Å². The average Bonchev–Trinajstić information content (AvgIpc) is 2.84. The molecular weight excluding hydrogens is 250 g/mol. The van der Waals surface area contributed by atoms with Gasteiger partial charge in [-0.1, -0.05) is 12.1 Å². The normalized spacial score (nSPS) is 11.6. The maximum Gasteiger partial charge on any atom is 0.119 e. The number of benzene rings is 1. The Kier molecular flexibility index (Phi) is 4.45. The van der Waals surface area contributed by atoms with Gasteiger partial charge in [0.05, 0.1) is 18.5 Å². The molecule has 1 aromatic carbocycles. The number of nitrogens with zero attached hydrogens (tertiary/aromatic N) is 1. The van der Waals surface area contributed by atoms with E-state index in [1.54, 1.807) is 0 Å². The molecule has 4 nitrogen and oxygen atoms in total. The zero-order chi connectivity index (χ0) is 14.6. The van der Waals surface area contributed by atoms with Crippen LogP contribution in [0.2, 0.25) is 0 Å². The number of ether oxygens (including phenoxy) is 1. The van der Waals surface area contributed by atoms with Crippen LogP contribution in [0.3, 0.4) is 0 Å². The highest BCUT2D eigenvalue weighted by Crippen LogP contribution is 2.25. The summed E-state index contributed by atoms with van der Waals surface area (Å²) in [4.78, 5) is 0. The highest BCUT2D eigenvalue weighted by molar-refractivity contribution is 5.64. The predicted octanol–water partition coefficient (Wildman–Crippen LogP) is 3.36. The summed E-state index contributed by atoms with van der Waals surface area (Å²) in [6, 6.07) is 8.08. The van der Waals surface area contributed by atoms with Gasteiger partial charge in [0.1, 0.15) is 5.75 Å². The van der Waals surface area contributed by atoms with Crippen LogP contribution in [0.4, 0.5) is 0 Å². The Morgan fingerprint density at radius 1 is 1.30 bits per heavy atom. The quantitative estimate of drug-likeness (QED) is 0.878. The Bertz CT molecular complexity index is 555. The lowest BCUT2D eigenvalue weighted by Crippen LogP contribution is -2.35. The molecule has 2 N–H and O–H groups in total. The van der Waals surface area contributed by atoms with E-state index >= 15 is 0 Å². The Hall–Kier alpha value is -1.81. The minimum Gasteiger partial charge on any atom is -0.494 e. The highest BCUT2D eigenvalue weighted by atomic mass is 16.5. The lowest BCUT2D eigenvalue weighted by Gasteiger charge is -2.20. The molecule has 20 heavy (non-hydrogen) atoms. The molecule has 0 bridgehead atoms. The third kappa shape index (κ3) is 3.84. The summed E-state index contributed by atoms with van der Waals surface area (Å²) in [5.41, 5.74) is 3.39. The first-order chi connectivity index (χ1) is 9.49. The molecule has 0 atom stereocenters. The maximum absolute atomic E-state index is 5.55. The van der Waals surface area contributed by atoms with Crippen molar-refractivity contribution in [2.75, 3.05) is 6.61 Å². The molecule has 1 heterocycles. The zero-order valence-electron chi connectivity index (χ0n) is 12.7. The number of H-pyrrole nitrogens is 1. The third-order valence-corrected chi connectivity index (χ3v) is 2.96. The fourth-order valence-corrected chi connectivity index (χ4v) is 1.96. The van der Waals surface area contributed by atoms with Crippen LogP contribution in [0.15, 0.2) is 30.5 Å². The van der Waals surface area contributed by atoms with Crippen molar-refractivity contribution in [3.63, 3.8) is 0 Å². The van der Waals surface area contributed by atoms with Crippen molar-refractivity contribution < 1.29 is 4.74 Å². The fourth-order valence-electron chi connectivity index (χ4n) is 1.96. The summed E-state index contributed by atoms with van der Waals surface area (Å²) in [6.45, 7) is 9.91. The Morgan fingerprint density at radius 2 is 2.10 bits per heavy atom. The number of rotatable bonds is 5. The van der Waals surface area contributed by atoms with Crippen molar-refractivity contribution in [1.82, 2.24) is 15.5 Å². The Morgan fingerprint density at radius 3 is 2.80 bits per heavy atom. The van der Waals surface area contributed by atoms with Gasteiger partial charge in [0.2, 0.25) is 0 Å². The number of aromatic nitrogens is 2. The first-order valence-corrected chi connectivity index (χ1v) is 7.00. The second-order valence-electron chi connectivity index (χ2n) is 5.83. The molecule has 0 aliphatic rings. The molecule has 1 aromatic heterocycles. The lowest BCUT2D eigenvalue weighted by molar-refractivity contribution is 0.340. The molecule has 4 heteroatoms. The molecule has 0 saturated heterocycles. The molecule has 0 fully saturated rings. The maximum atomic E-state index is 5.55. The molecular formula is C16H23N3O. The van der Waals surface area contributed by atoms with Gasteiger partial charge in [-0.2, -0.15) is 5.10 Å². The topological polar surface area (TPSA) is 49.9 Å². The van der Waals surface area contributed by atoms with Crippen LogP contribution < -0.4 is 10.1 Å². The molecule has 0 saturated carbocycles. The van der Waals surface area contributed by atoms with E-state index in [2.05, 4.69) is 42.4 Å². The summed E-state index contributed by atoms with van der Waals surface area (Å²) in [5.74, 6) is 0.884. The van der Waals surface area contributed by atoms with E-state index in [9.17, 15) is 0 Å². The zero-order valence-corrected chi connectivity index (χ0v) is 12.7. The Balaban J connectivity index is 2.21. The smallest absolute Gasteiger partial charge is 0.119 e. The minimum atomic E-state index is 0.0850. The van der Waals surface area contributed by atoms with Crippen molar-refractivity contribution in [3.8, 4) is 17.0 Å². The van der Waals surface area contributed by atoms with Crippen LogP contribution in [-0.4, -0.2) is 22.3 Å². The van der Waals surface area contributed by atoms with E-state index in [4.69, 9.17) is 4.74 Å². The second-order valence-corrected chi connectivity index (χ2v) is 5.83. The van der Waals surface area contributed by atoms with Gasteiger partial charge in [-0.05, 0) is 39.8 Å². The van der Waals surface area contributed by atoms with Gasteiger partial charge < -0.3 is 10.1 Å². The molecule has 0 radical (unpaired) electrons. The number of aromatic amines is 1. The van der Waals surface area contributed by atoms with Crippen molar-refractivity contribution >= 4 is 0 Å². The number of nitrogens with one attached hydrogen (secondary N) is 2. The highest BCUT2D eigenvalue weighted by Gasteiger charge is 2.13. The van der Waals surface area contributed by atoms with Gasteiger partial charge >= 0.3 is 0 Å². The van der Waals surface area contributed by atoms with Crippen molar-refractivity contribution in [2.24, 2.45) is 0 Å². The van der Waals surface area contributed by atoms with Crippen LogP contribution in [-0.2, 0) is 6.54 Å². The van der Waals surface area contributed by atoms with E-state index in [1.807, 2.05) is 31.3 Å². The first kappa shape index (κ1) is 14.6. The minimum absolute atomic E-state index is 0.0850. The van der Waals surface area contributed by atoms with Gasteiger partial charge in [0.25, 0.3) is 0 Å². The average molecular weight is 273 g/mol. The van der Waals surface area contributed by atoms with Crippen LogP contribution in [0.5, 0.6) is 5.75 Å². The van der Waals surface area contributed by atoms with Gasteiger partial charge in [0, 0.05) is 23.2 Å². The van der Waals surface area contributed by atoms with E-state index in [0.717, 1.165) is 29.1 Å². The lowest BCUT2D eigenvalue weighted by atomic mass is 10.1. The van der Waals surface area contributed by atoms with Crippen molar-refractivity contribution in [1.29, 1.82) is 0 Å². The Labute approximate surface area is 120 Å². The first-order valence-electron chi connectivity index (χ1n) is 7.00. The molecule has 2 rings (SSSR count).